The Morgan fingerprint density at radius 2 is 1.77 bits per heavy atom. The average Bonchev–Trinajstić information content (AvgIpc) is 3.64. The topological polar surface area (TPSA) is 93.9 Å². The van der Waals surface area contributed by atoms with Crippen LogP contribution in [0.15, 0.2) is 54.6 Å². The summed E-state index contributed by atoms with van der Waals surface area (Å²) in [6.45, 7) is 2.11. The second-order valence-electron chi connectivity index (χ2n) is 10.6. The van der Waals surface area contributed by atoms with Gasteiger partial charge in [0.15, 0.2) is 17.7 Å². The predicted molar refractivity (Wildman–Crippen MR) is 161 cm³/mol. The maximum atomic E-state index is 14.7. The quantitative estimate of drug-likeness (QED) is 0.141. The van der Waals surface area contributed by atoms with Crippen molar-refractivity contribution in [2.45, 2.75) is 38.0 Å². The van der Waals surface area contributed by atoms with Crippen molar-refractivity contribution in [3.63, 3.8) is 0 Å². The zero-order chi connectivity index (χ0) is 30.2. The van der Waals surface area contributed by atoms with Crippen LogP contribution in [0.2, 0.25) is 10.0 Å². The summed E-state index contributed by atoms with van der Waals surface area (Å²) in [7, 11) is 1.35. The first-order valence-electron chi connectivity index (χ1n) is 13.9. The number of β-amino-alcohol motifs (C(OH)–C–C–N with tert-alkyl or cyclic N) is 1. The van der Waals surface area contributed by atoms with Crippen LogP contribution in [0.25, 0.3) is 22.3 Å². The molecule has 3 heterocycles. The summed E-state index contributed by atoms with van der Waals surface area (Å²) in [5.41, 5.74) is 2.89. The molecule has 1 unspecified atom stereocenters. The smallest absolute Gasteiger partial charge is 0.364 e. The van der Waals surface area contributed by atoms with Gasteiger partial charge >= 0.3 is 5.97 Å². The molecule has 1 aromatic heterocycles. The van der Waals surface area contributed by atoms with Gasteiger partial charge in [0.25, 0.3) is 0 Å². The van der Waals surface area contributed by atoms with Crippen LogP contribution >= 0.6 is 23.2 Å². The molecule has 11 heteroatoms. The fraction of sp³-hybridized carbons (Fsp3) is 0.281. The minimum Gasteiger partial charge on any atom is -0.496 e. The normalized spacial score (nSPS) is 18.3. The number of aryl methyl sites for hydroxylation is 1. The van der Waals surface area contributed by atoms with Crippen LogP contribution in [-0.2, 0) is 6.54 Å². The number of fused-ring (bicyclic) bond motifs is 1. The second kappa shape index (κ2) is 12.1. The van der Waals surface area contributed by atoms with Crippen LogP contribution in [-0.4, -0.2) is 58.3 Å². The number of rotatable bonds is 7. The molecular weight excluding hydrogens is 596 g/mol. The average molecular weight is 624 g/mol. The van der Waals surface area contributed by atoms with Crippen molar-refractivity contribution in [3.05, 3.63) is 87.4 Å². The highest BCUT2D eigenvalue weighted by atomic mass is 35.5. The number of hydrogen-bond acceptors (Lipinski definition) is 7. The van der Waals surface area contributed by atoms with Gasteiger partial charge in [0.2, 0.25) is 0 Å². The summed E-state index contributed by atoms with van der Waals surface area (Å²) >= 11 is 13.6. The molecule has 222 valence electrons. The molecule has 4 aromatic rings. The summed E-state index contributed by atoms with van der Waals surface area (Å²) < 4.78 is 27.4. The van der Waals surface area contributed by atoms with E-state index in [1.54, 1.807) is 48.5 Å². The lowest BCUT2D eigenvalue weighted by Crippen LogP contribution is -2.32. The SMILES string of the molecule is COc1cc(-c2cccc(-c3cccc(OC(=O)c4cc5n(n4)CCCC5N4CC[C@@H](O)C4)c3Cl)c2Cl)cc(F)c1C=O. The number of aliphatic hydroxyl groups excluding tert-OH is 1. The molecule has 6 rings (SSSR count). The van der Waals surface area contributed by atoms with Gasteiger partial charge in [0, 0.05) is 36.3 Å². The molecule has 1 fully saturated rings. The molecule has 8 nitrogen and oxygen atoms in total. The maximum Gasteiger partial charge on any atom is 0.364 e. The lowest BCUT2D eigenvalue weighted by molar-refractivity contribution is 0.0727. The summed E-state index contributed by atoms with van der Waals surface area (Å²) in [6, 6.07) is 14.9. The highest BCUT2D eigenvalue weighted by Crippen LogP contribution is 2.43. The third-order valence-electron chi connectivity index (χ3n) is 8.04. The number of methoxy groups -OCH3 is 1. The van der Waals surface area contributed by atoms with Crippen LogP contribution in [0.5, 0.6) is 11.5 Å². The molecule has 2 aliphatic rings. The van der Waals surface area contributed by atoms with Crippen LogP contribution in [0, 0.1) is 5.82 Å². The Bertz CT molecular complexity index is 1730. The third kappa shape index (κ3) is 5.54. The largest absolute Gasteiger partial charge is 0.496 e. The first-order chi connectivity index (χ1) is 20.8. The van der Waals surface area contributed by atoms with Crippen LogP contribution in [0.3, 0.4) is 0 Å². The number of halogens is 3. The van der Waals surface area contributed by atoms with E-state index in [-0.39, 0.29) is 44.9 Å². The number of esters is 1. The molecule has 0 spiro atoms. The van der Waals surface area contributed by atoms with Gasteiger partial charge in [-0.15, -0.1) is 0 Å². The monoisotopic (exact) mass is 623 g/mol. The number of hydrogen-bond donors (Lipinski definition) is 1. The van der Waals surface area contributed by atoms with E-state index in [0.29, 0.717) is 41.6 Å². The van der Waals surface area contributed by atoms with E-state index >= 15 is 0 Å². The standard InChI is InChI=1S/C32H28Cl2FN3O5/c1-42-29-14-18(13-24(35)23(29)17-39)20-5-2-6-21(30(20)33)22-7-3-9-28(31(22)34)43-32(41)25-15-27-26(8-4-11-38(27)36-25)37-12-10-19(40)16-37/h2-3,5-7,9,13-15,17,19,26,40H,4,8,10-12,16H2,1H3/t19-,26?/m1/s1. The molecule has 0 amide bonds. The first-order valence-corrected chi connectivity index (χ1v) is 14.7. The Hall–Kier alpha value is -3.76. The molecule has 2 atom stereocenters. The number of benzene rings is 3. The molecule has 3 aromatic carbocycles. The van der Waals surface area contributed by atoms with Crippen LogP contribution in [0.4, 0.5) is 4.39 Å². The van der Waals surface area contributed by atoms with Gasteiger partial charge in [0.1, 0.15) is 11.6 Å². The van der Waals surface area contributed by atoms with Crippen molar-refractivity contribution in [2.75, 3.05) is 20.2 Å². The summed E-state index contributed by atoms with van der Waals surface area (Å²) in [4.78, 5) is 26.8. The Labute approximate surface area is 257 Å². The zero-order valence-corrected chi connectivity index (χ0v) is 24.7. The van der Waals surface area contributed by atoms with Gasteiger partial charge in [-0.3, -0.25) is 14.4 Å². The number of carbonyl (C=O) groups excluding carboxylic acids is 2. The Kier molecular flexibility index (Phi) is 8.24. The van der Waals surface area contributed by atoms with Crippen molar-refractivity contribution in [3.8, 4) is 33.8 Å². The van der Waals surface area contributed by atoms with Gasteiger partial charge in [-0.1, -0.05) is 53.5 Å². The lowest BCUT2D eigenvalue weighted by atomic mass is 9.97. The fourth-order valence-corrected chi connectivity index (χ4v) is 6.53. The Morgan fingerprint density at radius 1 is 1.02 bits per heavy atom. The van der Waals surface area contributed by atoms with E-state index in [1.165, 1.54) is 13.2 Å². The van der Waals surface area contributed by atoms with Gasteiger partial charge in [0.05, 0.1) is 40.6 Å². The molecule has 1 saturated heterocycles. The van der Waals surface area contributed by atoms with Crippen molar-refractivity contribution in [2.24, 2.45) is 0 Å². The second-order valence-corrected chi connectivity index (χ2v) is 11.4. The fourth-order valence-electron chi connectivity index (χ4n) is 5.93. The predicted octanol–water partition coefficient (Wildman–Crippen LogP) is 6.60. The van der Waals surface area contributed by atoms with Crippen molar-refractivity contribution < 1.29 is 28.6 Å². The summed E-state index contributed by atoms with van der Waals surface area (Å²) in [5, 5.41) is 15.0. The summed E-state index contributed by atoms with van der Waals surface area (Å²) in [5.74, 6) is -1.15. The molecular formula is C32H28Cl2FN3O5. The number of likely N-dealkylation sites (tertiary alicyclic amines) is 1. The van der Waals surface area contributed by atoms with Crippen LogP contribution < -0.4 is 9.47 Å². The minimum atomic E-state index is -0.733. The molecule has 2 aliphatic heterocycles. The van der Waals surface area contributed by atoms with Gasteiger partial charge in [-0.05, 0) is 49.1 Å². The number of ether oxygens (including phenoxy) is 2. The summed E-state index contributed by atoms with van der Waals surface area (Å²) in [6.07, 6.45) is 2.66. The van der Waals surface area contributed by atoms with E-state index in [1.807, 2.05) is 4.68 Å². The van der Waals surface area contributed by atoms with E-state index in [2.05, 4.69) is 10.00 Å². The minimum absolute atomic E-state index is 0.0868. The number of aliphatic hydroxyl groups is 1. The van der Waals surface area contributed by atoms with E-state index < -0.39 is 11.8 Å². The van der Waals surface area contributed by atoms with Crippen molar-refractivity contribution in [1.29, 1.82) is 0 Å². The molecule has 0 aliphatic carbocycles. The number of nitrogens with zero attached hydrogens (tertiary/aromatic N) is 3. The van der Waals surface area contributed by atoms with Gasteiger partial charge < -0.3 is 14.6 Å². The van der Waals surface area contributed by atoms with E-state index in [9.17, 15) is 19.1 Å². The van der Waals surface area contributed by atoms with E-state index in [0.717, 1.165) is 31.5 Å². The molecule has 1 N–H and O–H groups in total. The number of aldehydes is 1. The van der Waals surface area contributed by atoms with Gasteiger partial charge in [-0.25, -0.2) is 9.18 Å². The highest BCUT2D eigenvalue weighted by molar-refractivity contribution is 6.38. The van der Waals surface area contributed by atoms with E-state index in [4.69, 9.17) is 32.7 Å². The molecule has 0 bridgehead atoms. The Balaban J connectivity index is 1.28. The van der Waals surface area contributed by atoms with Crippen molar-refractivity contribution >= 4 is 35.5 Å². The first kappa shape index (κ1) is 29.3. The van der Waals surface area contributed by atoms with Gasteiger partial charge in [-0.2, -0.15) is 5.10 Å². The van der Waals surface area contributed by atoms with Crippen LogP contribution in [0.1, 0.15) is 51.8 Å². The maximum absolute atomic E-state index is 14.7. The lowest BCUT2D eigenvalue weighted by Gasteiger charge is -2.31. The molecule has 0 saturated carbocycles. The molecule has 43 heavy (non-hydrogen) atoms. The molecule has 0 radical (unpaired) electrons. The highest BCUT2D eigenvalue weighted by Gasteiger charge is 2.33. The zero-order valence-electron chi connectivity index (χ0n) is 23.2. The third-order valence-corrected chi connectivity index (χ3v) is 8.84. The Morgan fingerprint density at radius 3 is 2.49 bits per heavy atom. The number of aromatic nitrogens is 2. The number of carbonyl (C=O) groups is 2. The van der Waals surface area contributed by atoms with Crippen molar-refractivity contribution in [1.82, 2.24) is 14.7 Å².